The van der Waals surface area contributed by atoms with Crippen LogP contribution < -0.4 is 27.4 Å². The smallest absolute Gasteiger partial charge is 0.237 e. The van der Waals surface area contributed by atoms with Crippen LogP contribution in [-0.4, -0.2) is 60.2 Å². The highest BCUT2D eigenvalue weighted by molar-refractivity contribution is 5.82. The van der Waals surface area contributed by atoms with Gasteiger partial charge in [0.1, 0.15) is 12.5 Å². The second-order valence-electron chi connectivity index (χ2n) is 5.95. The lowest BCUT2D eigenvalue weighted by atomic mass is 10.1. The van der Waals surface area contributed by atoms with Crippen LogP contribution in [0.3, 0.4) is 0 Å². The summed E-state index contributed by atoms with van der Waals surface area (Å²) in [6.45, 7) is 0.362. The maximum absolute atomic E-state index is 12.4. The molecular formula is C17H29N5O4. The predicted octanol–water partition coefficient (Wildman–Crippen LogP) is -2.25. The van der Waals surface area contributed by atoms with Gasteiger partial charge in [-0.15, -0.1) is 0 Å². The number of rotatable bonds is 13. The van der Waals surface area contributed by atoms with Crippen molar-refractivity contribution in [3.63, 3.8) is 0 Å². The first-order valence-corrected chi connectivity index (χ1v) is 8.58. The van der Waals surface area contributed by atoms with E-state index in [0.717, 1.165) is 5.56 Å². The van der Waals surface area contributed by atoms with Crippen LogP contribution in [0.25, 0.3) is 0 Å². The van der Waals surface area contributed by atoms with Crippen molar-refractivity contribution in [3.05, 3.63) is 35.9 Å². The zero-order valence-corrected chi connectivity index (χ0v) is 14.7. The average Bonchev–Trinajstić information content (AvgIpc) is 2.63. The van der Waals surface area contributed by atoms with E-state index in [2.05, 4.69) is 16.0 Å². The first kappa shape index (κ1) is 22.0. The van der Waals surface area contributed by atoms with Gasteiger partial charge in [-0.1, -0.05) is 30.3 Å². The Morgan fingerprint density at radius 3 is 2.42 bits per heavy atom. The van der Waals surface area contributed by atoms with Crippen molar-refractivity contribution in [3.8, 4) is 0 Å². The van der Waals surface area contributed by atoms with Crippen molar-refractivity contribution in [1.82, 2.24) is 16.0 Å². The van der Waals surface area contributed by atoms with Gasteiger partial charge in [0.25, 0.3) is 0 Å². The van der Waals surface area contributed by atoms with Crippen LogP contribution in [0, 0.1) is 0 Å². The molecule has 0 aliphatic carbocycles. The van der Waals surface area contributed by atoms with Crippen LogP contribution in [-0.2, 0) is 16.0 Å². The third-order valence-corrected chi connectivity index (χ3v) is 3.67. The molecule has 26 heavy (non-hydrogen) atoms. The zero-order chi connectivity index (χ0) is 19.4. The fourth-order valence-corrected chi connectivity index (χ4v) is 2.30. The average molecular weight is 367 g/mol. The van der Waals surface area contributed by atoms with Gasteiger partial charge in [-0.05, 0) is 24.9 Å². The maximum atomic E-state index is 12.4. The maximum Gasteiger partial charge on any atom is 0.237 e. The summed E-state index contributed by atoms with van der Waals surface area (Å²) in [4.78, 5) is 23.0. The number of carbonyl (C=O) groups excluding carboxylic acids is 2. The quantitative estimate of drug-likeness (QED) is 0.153. The molecule has 9 nitrogen and oxygen atoms in total. The van der Waals surface area contributed by atoms with E-state index >= 15 is 0 Å². The highest BCUT2D eigenvalue weighted by Crippen LogP contribution is 2.04. The van der Waals surface area contributed by atoms with Gasteiger partial charge in [-0.3, -0.25) is 20.2 Å². The lowest BCUT2D eigenvalue weighted by molar-refractivity contribution is -0.124. The minimum Gasteiger partial charge on any atom is -0.377 e. The van der Waals surface area contributed by atoms with E-state index in [9.17, 15) is 19.8 Å². The standard InChI is InChI=1S/C17H29N5O4/c18-10-15(24)22-13(9-12-5-2-1-3-6-12)17(26)21-11-16(25)20-8-4-7-14(19)23/h1-3,5-6,13,15-16,20,22,24-25H,4,7-11,18H2,(H2,19,23)(H,21,26)/t13-,15?,16?/m0/s1. The number of aliphatic hydroxyl groups excluding tert-OH is 2. The van der Waals surface area contributed by atoms with E-state index in [1.807, 2.05) is 30.3 Å². The van der Waals surface area contributed by atoms with Crippen molar-refractivity contribution in [1.29, 1.82) is 0 Å². The molecule has 0 bridgehead atoms. The number of nitrogens with two attached hydrogens (primary N) is 2. The number of hydrogen-bond acceptors (Lipinski definition) is 7. The Hall–Kier alpha value is -2.04. The van der Waals surface area contributed by atoms with E-state index in [-0.39, 0.29) is 25.4 Å². The fourth-order valence-electron chi connectivity index (χ4n) is 2.30. The molecule has 0 aliphatic heterocycles. The van der Waals surface area contributed by atoms with Gasteiger partial charge >= 0.3 is 0 Å². The second kappa shape index (κ2) is 12.3. The Bertz CT molecular complexity index is 543. The monoisotopic (exact) mass is 367 g/mol. The largest absolute Gasteiger partial charge is 0.377 e. The van der Waals surface area contributed by atoms with E-state index in [1.54, 1.807) is 0 Å². The molecule has 0 spiro atoms. The summed E-state index contributed by atoms with van der Waals surface area (Å²) in [5.74, 6) is -0.762. The van der Waals surface area contributed by atoms with Crippen molar-refractivity contribution in [2.75, 3.05) is 19.6 Å². The minimum absolute atomic E-state index is 0.0128. The number of hydrogen-bond donors (Lipinski definition) is 7. The van der Waals surface area contributed by atoms with Crippen molar-refractivity contribution < 1.29 is 19.8 Å². The summed E-state index contributed by atoms with van der Waals surface area (Å²) >= 11 is 0. The second-order valence-corrected chi connectivity index (χ2v) is 5.95. The molecule has 0 saturated carbocycles. The van der Waals surface area contributed by atoms with Gasteiger partial charge in [0.15, 0.2) is 0 Å². The number of aliphatic hydroxyl groups is 2. The topological polar surface area (TPSA) is 163 Å². The molecule has 1 aromatic rings. The van der Waals surface area contributed by atoms with Crippen molar-refractivity contribution in [2.24, 2.45) is 11.5 Å². The first-order chi connectivity index (χ1) is 12.4. The van der Waals surface area contributed by atoms with Crippen LogP contribution in [0.1, 0.15) is 18.4 Å². The number of carbonyl (C=O) groups is 2. The molecule has 0 radical (unpaired) electrons. The Balaban J connectivity index is 2.47. The van der Waals surface area contributed by atoms with Crippen molar-refractivity contribution >= 4 is 11.8 Å². The van der Waals surface area contributed by atoms with Gasteiger partial charge in [-0.2, -0.15) is 0 Å². The van der Waals surface area contributed by atoms with E-state index < -0.39 is 24.4 Å². The number of amides is 2. The molecule has 0 aromatic heterocycles. The summed E-state index contributed by atoms with van der Waals surface area (Å²) in [5, 5.41) is 27.7. The minimum atomic E-state index is -1.01. The summed E-state index contributed by atoms with van der Waals surface area (Å²) < 4.78 is 0. The number of nitrogens with one attached hydrogen (secondary N) is 3. The van der Waals surface area contributed by atoms with E-state index in [0.29, 0.717) is 19.4 Å². The number of primary amides is 1. The van der Waals surface area contributed by atoms with Gasteiger partial charge in [0, 0.05) is 13.0 Å². The lowest BCUT2D eigenvalue weighted by Gasteiger charge is -2.22. The normalized spacial score (nSPS) is 14.4. The lowest BCUT2D eigenvalue weighted by Crippen LogP contribution is -2.53. The van der Waals surface area contributed by atoms with Crippen LogP contribution >= 0.6 is 0 Å². The molecule has 146 valence electrons. The number of benzene rings is 1. The van der Waals surface area contributed by atoms with Crippen LogP contribution in [0.4, 0.5) is 0 Å². The molecule has 0 saturated heterocycles. The van der Waals surface area contributed by atoms with Gasteiger partial charge in [0.2, 0.25) is 11.8 Å². The molecule has 3 atom stereocenters. The SMILES string of the molecule is NCC(O)N[C@@H](Cc1ccccc1)C(=O)NCC(O)NCCCC(N)=O. The van der Waals surface area contributed by atoms with Crippen LogP contribution in [0.5, 0.6) is 0 Å². The Labute approximate surface area is 153 Å². The molecule has 0 heterocycles. The molecule has 0 aliphatic rings. The summed E-state index contributed by atoms with van der Waals surface area (Å²) in [6, 6.07) is 8.67. The van der Waals surface area contributed by atoms with Gasteiger partial charge < -0.3 is 27.0 Å². The van der Waals surface area contributed by atoms with Crippen LogP contribution in [0.15, 0.2) is 30.3 Å². The van der Waals surface area contributed by atoms with E-state index in [1.165, 1.54) is 0 Å². The summed E-state index contributed by atoms with van der Waals surface area (Å²) in [5.41, 5.74) is 11.4. The Kier molecular flexibility index (Phi) is 10.4. The van der Waals surface area contributed by atoms with Gasteiger partial charge in [-0.25, -0.2) is 0 Å². The molecular weight excluding hydrogens is 338 g/mol. The zero-order valence-electron chi connectivity index (χ0n) is 14.7. The summed E-state index contributed by atoms with van der Waals surface area (Å²) in [7, 11) is 0. The predicted molar refractivity (Wildman–Crippen MR) is 97.6 cm³/mol. The molecule has 9 N–H and O–H groups in total. The molecule has 0 fully saturated rings. The molecule has 2 unspecified atom stereocenters. The Morgan fingerprint density at radius 1 is 1.12 bits per heavy atom. The molecule has 1 rings (SSSR count). The molecule has 2 amide bonds. The summed E-state index contributed by atoms with van der Waals surface area (Å²) in [6.07, 6.45) is -0.867. The molecule has 1 aromatic carbocycles. The highest BCUT2D eigenvalue weighted by atomic mass is 16.3. The van der Waals surface area contributed by atoms with Gasteiger partial charge in [0.05, 0.1) is 12.6 Å². The molecule has 9 heteroatoms. The van der Waals surface area contributed by atoms with Crippen LogP contribution in [0.2, 0.25) is 0 Å². The third kappa shape index (κ3) is 9.44. The Morgan fingerprint density at radius 2 is 1.81 bits per heavy atom. The first-order valence-electron chi connectivity index (χ1n) is 8.58. The van der Waals surface area contributed by atoms with E-state index in [4.69, 9.17) is 11.5 Å². The highest BCUT2D eigenvalue weighted by Gasteiger charge is 2.21. The third-order valence-electron chi connectivity index (χ3n) is 3.67. The fraction of sp³-hybridized carbons (Fsp3) is 0.529. The van der Waals surface area contributed by atoms with Crippen molar-refractivity contribution in [2.45, 2.75) is 37.8 Å².